The third-order valence-electron chi connectivity index (χ3n) is 9.63. The molecule has 3 aliphatic rings. The van der Waals surface area contributed by atoms with Gasteiger partial charge in [-0.2, -0.15) is 0 Å². The first-order valence-corrected chi connectivity index (χ1v) is 12.7. The van der Waals surface area contributed by atoms with E-state index in [0.717, 1.165) is 44.2 Å². The van der Waals surface area contributed by atoms with E-state index in [-0.39, 0.29) is 5.41 Å². The number of aliphatic hydroxyl groups is 1. The van der Waals surface area contributed by atoms with E-state index in [1.54, 1.807) is 0 Å². The summed E-state index contributed by atoms with van der Waals surface area (Å²) >= 11 is 0. The van der Waals surface area contributed by atoms with Gasteiger partial charge in [0.15, 0.2) is 5.69 Å². The Hall–Kier alpha value is -2.96. The minimum absolute atomic E-state index is 0.0358. The summed E-state index contributed by atoms with van der Waals surface area (Å²) < 4.78 is 0. The lowest BCUT2D eigenvalue weighted by molar-refractivity contribution is -0.102. The van der Waals surface area contributed by atoms with Crippen LogP contribution in [0.4, 0.5) is 5.69 Å². The Kier molecular flexibility index (Phi) is 5.12. The van der Waals surface area contributed by atoms with Gasteiger partial charge < -0.3 is 5.11 Å². The van der Waals surface area contributed by atoms with Crippen LogP contribution in [0, 0.1) is 23.8 Å². The number of aromatic nitrogens is 1. The standard InChI is InChI=1S/C31H32N2O/c1-30-15-11-27-26-10-8-25(32-2)19-24(26)7-9-28(27)29(30)12-16-31(30,34)20-21-3-5-22(6-4-21)23-13-17-33-18-14-23/h3-6,8,10,13-14,17-19,27-29,34H,7,9,11-12,15-16,20H2,1H3/t27?,28?,29?,30-,31+/m0/s1. The Morgan fingerprint density at radius 2 is 1.74 bits per heavy atom. The molecule has 0 bridgehead atoms. The van der Waals surface area contributed by atoms with Gasteiger partial charge in [0.1, 0.15) is 0 Å². The molecule has 1 aromatic heterocycles. The van der Waals surface area contributed by atoms with Crippen molar-refractivity contribution in [1.82, 2.24) is 4.98 Å². The summed E-state index contributed by atoms with van der Waals surface area (Å²) in [4.78, 5) is 7.76. The highest BCUT2D eigenvalue weighted by Crippen LogP contribution is 2.64. The minimum atomic E-state index is -0.644. The van der Waals surface area contributed by atoms with E-state index in [1.165, 1.54) is 34.2 Å². The highest BCUT2D eigenvalue weighted by Gasteiger charge is 2.61. The maximum absolute atomic E-state index is 12.1. The van der Waals surface area contributed by atoms with E-state index in [1.807, 2.05) is 30.6 Å². The molecule has 3 aromatic rings. The number of hydrogen-bond donors (Lipinski definition) is 1. The molecule has 2 aromatic carbocycles. The van der Waals surface area contributed by atoms with Crippen molar-refractivity contribution in [1.29, 1.82) is 0 Å². The molecule has 172 valence electrons. The van der Waals surface area contributed by atoms with Crippen LogP contribution in [0.3, 0.4) is 0 Å². The zero-order chi connectivity index (χ0) is 23.3. The zero-order valence-electron chi connectivity index (χ0n) is 19.9. The molecule has 1 heterocycles. The van der Waals surface area contributed by atoms with Gasteiger partial charge >= 0.3 is 0 Å². The van der Waals surface area contributed by atoms with Crippen LogP contribution >= 0.6 is 0 Å². The quantitative estimate of drug-likeness (QED) is 0.433. The molecule has 3 unspecified atom stereocenters. The molecule has 3 nitrogen and oxygen atoms in total. The van der Waals surface area contributed by atoms with Crippen LogP contribution < -0.4 is 0 Å². The van der Waals surface area contributed by atoms with Crippen LogP contribution in [0.1, 0.15) is 61.6 Å². The molecule has 0 saturated heterocycles. The fourth-order valence-corrected chi connectivity index (χ4v) is 7.74. The molecule has 6 rings (SSSR count). The molecule has 0 aliphatic heterocycles. The predicted molar refractivity (Wildman–Crippen MR) is 136 cm³/mol. The Morgan fingerprint density at radius 3 is 2.50 bits per heavy atom. The summed E-state index contributed by atoms with van der Waals surface area (Å²) in [5.41, 5.74) is 6.55. The average Bonchev–Trinajstić information content (AvgIpc) is 3.14. The summed E-state index contributed by atoms with van der Waals surface area (Å²) in [5.74, 6) is 1.80. The highest BCUT2D eigenvalue weighted by molar-refractivity contribution is 5.63. The maximum Gasteiger partial charge on any atom is 0.187 e. The SMILES string of the molecule is [C-]#[N+]c1ccc2c(c1)CCC1C2CC[C@@]2(C)C1CC[C@@]2(O)Cc1ccc(-c2ccncc2)cc1. The van der Waals surface area contributed by atoms with E-state index >= 15 is 0 Å². The number of hydrogen-bond acceptors (Lipinski definition) is 2. The monoisotopic (exact) mass is 448 g/mol. The van der Waals surface area contributed by atoms with E-state index in [0.29, 0.717) is 17.8 Å². The maximum atomic E-state index is 12.1. The van der Waals surface area contributed by atoms with Gasteiger partial charge in [0, 0.05) is 18.8 Å². The number of rotatable bonds is 3. The molecule has 3 aliphatic carbocycles. The van der Waals surface area contributed by atoms with Crippen molar-refractivity contribution < 1.29 is 5.11 Å². The Bertz CT molecular complexity index is 1240. The first-order valence-electron chi connectivity index (χ1n) is 12.7. The fraction of sp³-hybridized carbons (Fsp3) is 0.419. The van der Waals surface area contributed by atoms with Crippen LogP contribution in [0.5, 0.6) is 0 Å². The molecule has 3 heteroatoms. The number of aryl methyl sites for hydroxylation is 1. The van der Waals surface area contributed by atoms with E-state index < -0.39 is 5.60 Å². The molecule has 5 atom stereocenters. The van der Waals surface area contributed by atoms with Crippen molar-refractivity contribution >= 4 is 5.69 Å². The Balaban J connectivity index is 1.24. The van der Waals surface area contributed by atoms with Gasteiger partial charge in [-0.05, 0) is 96.1 Å². The predicted octanol–water partition coefficient (Wildman–Crippen LogP) is 7.13. The lowest BCUT2D eigenvalue weighted by Crippen LogP contribution is -2.51. The van der Waals surface area contributed by atoms with Gasteiger partial charge in [-0.25, -0.2) is 4.85 Å². The second-order valence-corrected chi connectivity index (χ2v) is 11.0. The first-order chi connectivity index (χ1) is 16.5. The van der Waals surface area contributed by atoms with Gasteiger partial charge in [-0.1, -0.05) is 55.0 Å². The van der Waals surface area contributed by atoms with Crippen LogP contribution in [0.25, 0.3) is 16.0 Å². The molecule has 34 heavy (non-hydrogen) atoms. The van der Waals surface area contributed by atoms with Crippen molar-refractivity contribution in [3.05, 3.63) is 95.1 Å². The molecule has 2 fully saturated rings. The molecular weight excluding hydrogens is 416 g/mol. The average molecular weight is 449 g/mol. The van der Waals surface area contributed by atoms with E-state index in [9.17, 15) is 5.11 Å². The van der Waals surface area contributed by atoms with Crippen LogP contribution in [-0.4, -0.2) is 15.7 Å². The number of nitrogens with zero attached hydrogens (tertiary/aromatic N) is 2. The second kappa shape index (κ2) is 8.07. The van der Waals surface area contributed by atoms with Crippen molar-refractivity contribution in [3.8, 4) is 11.1 Å². The summed E-state index contributed by atoms with van der Waals surface area (Å²) in [6.45, 7) is 9.73. The van der Waals surface area contributed by atoms with Gasteiger partial charge in [0.05, 0.1) is 12.2 Å². The third kappa shape index (κ3) is 3.31. The van der Waals surface area contributed by atoms with Gasteiger partial charge in [0.2, 0.25) is 0 Å². The molecule has 2 saturated carbocycles. The summed E-state index contributed by atoms with van der Waals surface area (Å²) in [6.07, 6.45) is 10.9. The molecular formula is C31H32N2O. The van der Waals surface area contributed by atoms with E-state index in [2.05, 4.69) is 53.2 Å². The van der Waals surface area contributed by atoms with E-state index in [4.69, 9.17) is 6.57 Å². The van der Waals surface area contributed by atoms with Crippen LogP contribution in [-0.2, 0) is 12.8 Å². The highest BCUT2D eigenvalue weighted by atomic mass is 16.3. The number of fused-ring (bicyclic) bond motifs is 5. The second-order valence-electron chi connectivity index (χ2n) is 11.0. The molecule has 0 spiro atoms. The normalized spacial score (nSPS) is 31.7. The van der Waals surface area contributed by atoms with Crippen molar-refractivity contribution in [3.63, 3.8) is 0 Å². The Morgan fingerprint density at radius 1 is 0.971 bits per heavy atom. The van der Waals surface area contributed by atoms with Gasteiger partial charge in [0.25, 0.3) is 0 Å². The van der Waals surface area contributed by atoms with Crippen LogP contribution in [0.15, 0.2) is 67.0 Å². The lowest BCUT2D eigenvalue weighted by Gasteiger charge is -2.53. The summed E-state index contributed by atoms with van der Waals surface area (Å²) in [5, 5.41) is 12.1. The smallest absolute Gasteiger partial charge is 0.187 e. The van der Waals surface area contributed by atoms with Crippen LogP contribution in [0.2, 0.25) is 0 Å². The number of benzene rings is 2. The Labute approximate surface area is 202 Å². The largest absolute Gasteiger partial charge is 0.389 e. The number of pyridine rings is 1. The molecule has 0 amide bonds. The molecule has 0 radical (unpaired) electrons. The summed E-state index contributed by atoms with van der Waals surface area (Å²) in [7, 11) is 0. The first kappa shape index (κ1) is 21.6. The minimum Gasteiger partial charge on any atom is -0.389 e. The zero-order valence-corrected chi connectivity index (χ0v) is 19.9. The van der Waals surface area contributed by atoms with Crippen molar-refractivity contribution in [2.45, 2.75) is 63.4 Å². The topological polar surface area (TPSA) is 37.5 Å². The lowest BCUT2D eigenvalue weighted by atomic mass is 9.53. The van der Waals surface area contributed by atoms with Crippen molar-refractivity contribution in [2.75, 3.05) is 0 Å². The molecule has 1 N–H and O–H groups in total. The van der Waals surface area contributed by atoms with Gasteiger partial charge in [-0.3, -0.25) is 4.98 Å². The summed E-state index contributed by atoms with van der Waals surface area (Å²) in [6, 6.07) is 19.2. The fourth-order valence-electron chi connectivity index (χ4n) is 7.74. The third-order valence-corrected chi connectivity index (χ3v) is 9.63. The van der Waals surface area contributed by atoms with Gasteiger partial charge in [-0.15, -0.1) is 0 Å². The van der Waals surface area contributed by atoms with Crippen molar-refractivity contribution in [2.24, 2.45) is 17.3 Å².